The summed E-state index contributed by atoms with van der Waals surface area (Å²) in [6.07, 6.45) is -0.267. The van der Waals surface area contributed by atoms with Crippen LogP contribution in [-0.2, 0) is 6.42 Å². The second kappa shape index (κ2) is 4.05. The second-order valence-corrected chi connectivity index (χ2v) is 3.60. The summed E-state index contributed by atoms with van der Waals surface area (Å²) in [5.74, 6) is -2.79. The number of benzene rings is 1. The van der Waals surface area contributed by atoms with Gasteiger partial charge in [0.25, 0.3) is 5.92 Å². The van der Waals surface area contributed by atoms with Gasteiger partial charge < -0.3 is 5.73 Å². The molecule has 0 radical (unpaired) electrons. The van der Waals surface area contributed by atoms with Crippen LogP contribution in [0.25, 0.3) is 0 Å². The molecule has 0 saturated carbocycles. The van der Waals surface area contributed by atoms with Gasteiger partial charge in [0.05, 0.1) is 6.54 Å². The van der Waals surface area contributed by atoms with Gasteiger partial charge in [-0.1, -0.05) is 18.2 Å². The first-order valence-electron chi connectivity index (χ1n) is 4.59. The van der Waals surface area contributed by atoms with Gasteiger partial charge in [-0.05, 0) is 30.5 Å². The van der Waals surface area contributed by atoms with Gasteiger partial charge in [-0.15, -0.1) is 0 Å². The van der Waals surface area contributed by atoms with Crippen molar-refractivity contribution in [3.63, 3.8) is 0 Å². The van der Waals surface area contributed by atoms with Crippen LogP contribution in [0.3, 0.4) is 0 Å². The molecular formula is C11H15F2N. The van der Waals surface area contributed by atoms with Crippen LogP contribution in [0.4, 0.5) is 8.78 Å². The van der Waals surface area contributed by atoms with Gasteiger partial charge in [0.15, 0.2) is 0 Å². The van der Waals surface area contributed by atoms with E-state index < -0.39 is 12.5 Å². The summed E-state index contributed by atoms with van der Waals surface area (Å²) in [5.41, 5.74) is 7.64. The molecule has 1 aromatic carbocycles. The average Bonchev–Trinajstić information content (AvgIpc) is 2.13. The molecule has 3 heteroatoms. The van der Waals surface area contributed by atoms with Crippen LogP contribution in [0.2, 0.25) is 0 Å². The number of alkyl halides is 2. The largest absolute Gasteiger partial charge is 0.325 e. The fraction of sp³-hybridized carbons (Fsp3) is 0.455. The molecule has 14 heavy (non-hydrogen) atoms. The number of halogens is 2. The Morgan fingerprint density at radius 3 is 2.50 bits per heavy atom. The Morgan fingerprint density at radius 1 is 1.29 bits per heavy atom. The Hall–Kier alpha value is -0.960. The summed E-state index contributed by atoms with van der Waals surface area (Å²) < 4.78 is 26.1. The zero-order valence-electron chi connectivity index (χ0n) is 8.48. The fourth-order valence-electron chi connectivity index (χ4n) is 1.35. The summed E-state index contributed by atoms with van der Waals surface area (Å²) >= 11 is 0. The molecule has 0 aromatic heterocycles. The van der Waals surface area contributed by atoms with E-state index in [1.165, 1.54) is 0 Å². The third kappa shape index (κ3) is 2.51. The molecule has 0 fully saturated rings. The normalized spacial score (nSPS) is 11.8. The molecule has 0 amide bonds. The van der Waals surface area contributed by atoms with Gasteiger partial charge >= 0.3 is 0 Å². The maximum absolute atomic E-state index is 13.0. The predicted octanol–water partition coefficient (Wildman–Crippen LogP) is 2.44. The zero-order chi connectivity index (χ0) is 10.8. The Bertz CT molecular complexity index is 321. The molecule has 78 valence electrons. The van der Waals surface area contributed by atoms with Gasteiger partial charge in [0.2, 0.25) is 0 Å². The SMILES string of the molecule is Cc1cccc(CC(F)(F)CN)c1C. The smallest absolute Gasteiger partial charge is 0.264 e. The van der Waals surface area contributed by atoms with Gasteiger partial charge in [0, 0.05) is 6.42 Å². The molecule has 0 aliphatic rings. The van der Waals surface area contributed by atoms with Gasteiger partial charge in [0.1, 0.15) is 0 Å². The van der Waals surface area contributed by atoms with Crippen molar-refractivity contribution in [1.82, 2.24) is 0 Å². The lowest BCUT2D eigenvalue weighted by Gasteiger charge is -2.16. The third-order valence-electron chi connectivity index (χ3n) is 2.46. The van der Waals surface area contributed by atoms with E-state index in [9.17, 15) is 8.78 Å². The maximum Gasteiger partial charge on any atom is 0.264 e. The highest BCUT2D eigenvalue weighted by molar-refractivity contribution is 5.33. The van der Waals surface area contributed by atoms with E-state index in [-0.39, 0.29) is 6.42 Å². The molecule has 0 spiro atoms. The van der Waals surface area contributed by atoms with E-state index >= 15 is 0 Å². The maximum atomic E-state index is 13.0. The molecule has 0 atom stereocenters. The van der Waals surface area contributed by atoms with Crippen molar-refractivity contribution in [3.05, 3.63) is 34.9 Å². The van der Waals surface area contributed by atoms with Crippen LogP contribution < -0.4 is 5.73 Å². The van der Waals surface area contributed by atoms with Crippen molar-refractivity contribution in [2.24, 2.45) is 5.73 Å². The van der Waals surface area contributed by atoms with Gasteiger partial charge in [-0.3, -0.25) is 0 Å². The van der Waals surface area contributed by atoms with E-state index in [0.29, 0.717) is 5.56 Å². The standard InChI is InChI=1S/C11H15F2N/c1-8-4-3-5-10(9(8)2)6-11(12,13)7-14/h3-5H,6-7,14H2,1-2H3. The van der Waals surface area contributed by atoms with E-state index in [2.05, 4.69) is 0 Å². The van der Waals surface area contributed by atoms with Crippen molar-refractivity contribution in [2.45, 2.75) is 26.2 Å². The van der Waals surface area contributed by atoms with Crippen LogP contribution in [0.15, 0.2) is 18.2 Å². The van der Waals surface area contributed by atoms with Crippen LogP contribution in [0, 0.1) is 13.8 Å². The molecule has 1 aromatic rings. The quantitative estimate of drug-likeness (QED) is 0.795. The van der Waals surface area contributed by atoms with Crippen molar-refractivity contribution >= 4 is 0 Å². The van der Waals surface area contributed by atoms with Crippen molar-refractivity contribution in [1.29, 1.82) is 0 Å². The number of hydrogen-bond acceptors (Lipinski definition) is 1. The zero-order valence-corrected chi connectivity index (χ0v) is 8.48. The molecule has 0 unspecified atom stereocenters. The van der Waals surface area contributed by atoms with Crippen molar-refractivity contribution in [3.8, 4) is 0 Å². The lowest BCUT2D eigenvalue weighted by atomic mass is 9.98. The minimum absolute atomic E-state index is 0.267. The first-order valence-corrected chi connectivity index (χ1v) is 4.59. The van der Waals surface area contributed by atoms with Crippen LogP contribution >= 0.6 is 0 Å². The van der Waals surface area contributed by atoms with E-state index in [0.717, 1.165) is 11.1 Å². The molecule has 0 saturated heterocycles. The number of rotatable bonds is 3. The highest BCUT2D eigenvalue weighted by Gasteiger charge is 2.27. The molecule has 0 bridgehead atoms. The summed E-state index contributed by atoms with van der Waals surface area (Å²) in [5, 5.41) is 0. The minimum Gasteiger partial charge on any atom is -0.325 e. The van der Waals surface area contributed by atoms with Gasteiger partial charge in [-0.2, -0.15) is 0 Å². The topological polar surface area (TPSA) is 26.0 Å². The van der Waals surface area contributed by atoms with Gasteiger partial charge in [-0.25, -0.2) is 8.78 Å². The van der Waals surface area contributed by atoms with Crippen LogP contribution in [0.5, 0.6) is 0 Å². The fourth-order valence-corrected chi connectivity index (χ4v) is 1.35. The summed E-state index contributed by atoms with van der Waals surface area (Å²) in [6, 6.07) is 5.44. The highest BCUT2D eigenvalue weighted by Crippen LogP contribution is 2.22. The Morgan fingerprint density at radius 2 is 1.93 bits per heavy atom. The number of hydrogen-bond donors (Lipinski definition) is 1. The van der Waals surface area contributed by atoms with E-state index in [4.69, 9.17) is 5.73 Å². The molecule has 0 heterocycles. The monoisotopic (exact) mass is 199 g/mol. The Labute approximate surface area is 82.9 Å². The van der Waals surface area contributed by atoms with E-state index in [1.807, 2.05) is 19.9 Å². The Balaban J connectivity index is 2.92. The first kappa shape index (κ1) is 11.1. The highest BCUT2D eigenvalue weighted by atomic mass is 19.3. The lowest BCUT2D eigenvalue weighted by Crippen LogP contribution is -2.30. The molecular weight excluding hydrogens is 184 g/mol. The summed E-state index contributed by atoms with van der Waals surface area (Å²) in [7, 11) is 0. The first-order chi connectivity index (χ1) is 6.46. The van der Waals surface area contributed by atoms with Crippen molar-refractivity contribution < 1.29 is 8.78 Å². The average molecular weight is 199 g/mol. The third-order valence-corrected chi connectivity index (χ3v) is 2.46. The lowest BCUT2D eigenvalue weighted by molar-refractivity contribution is 0.0113. The minimum atomic E-state index is -2.79. The summed E-state index contributed by atoms with van der Waals surface area (Å²) in [4.78, 5) is 0. The number of aryl methyl sites for hydroxylation is 1. The predicted molar refractivity (Wildman–Crippen MR) is 53.6 cm³/mol. The molecule has 0 aliphatic heterocycles. The number of nitrogens with two attached hydrogens (primary N) is 1. The van der Waals surface area contributed by atoms with Crippen molar-refractivity contribution in [2.75, 3.05) is 6.54 Å². The Kier molecular flexibility index (Phi) is 3.21. The summed E-state index contributed by atoms with van der Waals surface area (Å²) in [6.45, 7) is 3.18. The van der Waals surface area contributed by atoms with Crippen LogP contribution in [-0.4, -0.2) is 12.5 Å². The van der Waals surface area contributed by atoms with E-state index in [1.54, 1.807) is 12.1 Å². The van der Waals surface area contributed by atoms with Crippen LogP contribution in [0.1, 0.15) is 16.7 Å². The second-order valence-electron chi connectivity index (χ2n) is 3.60. The molecule has 1 nitrogen and oxygen atoms in total. The molecule has 0 aliphatic carbocycles. The molecule has 1 rings (SSSR count). The molecule has 2 N–H and O–H groups in total.